The van der Waals surface area contributed by atoms with Gasteiger partial charge in [0, 0.05) is 12.3 Å². The van der Waals surface area contributed by atoms with Gasteiger partial charge in [0.05, 0.1) is 0 Å². The molecule has 1 aliphatic carbocycles. The highest BCUT2D eigenvalue weighted by Gasteiger charge is 2.23. The van der Waals surface area contributed by atoms with Gasteiger partial charge in [0.25, 0.3) is 0 Å². The van der Waals surface area contributed by atoms with Gasteiger partial charge in [-0.1, -0.05) is 32.9 Å². The van der Waals surface area contributed by atoms with E-state index in [1.54, 1.807) is 0 Å². The number of rotatable bonds is 2. The minimum absolute atomic E-state index is 0.148. The maximum absolute atomic E-state index is 12.1. The van der Waals surface area contributed by atoms with Gasteiger partial charge in [-0.25, -0.2) is 0 Å². The molecule has 1 unspecified atom stereocenters. The molecule has 1 rings (SSSR count). The Hall–Kier alpha value is -0.590. The van der Waals surface area contributed by atoms with E-state index in [2.05, 4.69) is 32.9 Å². The molecule has 0 aromatic rings. The van der Waals surface area contributed by atoms with Crippen LogP contribution < -0.4 is 0 Å². The average Bonchev–Trinajstić information content (AvgIpc) is 1.98. The quantitative estimate of drug-likeness (QED) is 0.624. The van der Waals surface area contributed by atoms with Crippen molar-refractivity contribution in [2.45, 2.75) is 59.3 Å². The second kappa shape index (κ2) is 5.48. The van der Waals surface area contributed by atoms with Crippen LogP contribution in [-0.4, -0.2) is 5.78 Å². The van der Waals surface area contributed by atoms with E-state index in [4.69, 9.17) is 0 Å². The maximum atomic E-state index is 12.1. The summed E-state index contributed by atoms with van der Waals surface area (Å²) < 4.78 is 0. The number of hydrogen-bond donors (Lipinski definition) is 0. The standard InChI is InChI=1S/C14H24O/c1-14(2,3)11-13(15)12-9-7-5-4-6-8-10-12/h4-5,12H,6-11H2,1-3H3/b5-4-. The summed E-state index contributed by atoms with van der Waals surface area (Å²) in [7, 11) is 0. The molecule has 1 aliphatic rings. The first-order valence-electron chi connectivity index (χ1n) is 6.17. The summed E-state index contributed by atoms with van der Waals surface area (Å²) in [6.07, 6.45) is 10.8. The Morgan fingerprint density at radius 1 is 1.20 bits per heavy atom. The Morgan fingerprint density at radius 2 is 1.87 bits per heavy atom. The molecule has 0 heterocycles. The molecule has 1 atom stereocenters. The van der Waals surface area contributed by atoms with Gasteiger partial charge < -0.3 is 0 Å². The van der Waals surface area contributed by atoms with Crippen molar-refractivity contribution in [1.82, 2.24) is 0 Å². The predicted molar refractivity (Wildman–Crippen MR) is 64.8 cm³/mol. The third-order valence-corrected chi connectivity index (χ3v) is 2.93. The molecule has 0 saturated carbocycles. The van der Waals surface area contributed by atoms with Crippen LogP contribution in [-0.2, 0) is 4.79 Å². The van der Waals surface area contributed by atoms with Crippen LogP contribution in [0.15, 0.2) is 12.2 Å². The lowest BCUT2D eigenvalue weighted by Gasteiger charge is -2.22. The number of carbonyl (C=O) groups is 1. The van der Waals surface area contributed by atoms with Crippen molar-refractivity contribution in [2.75, 3.05) is 0 Å². The minimum Gasteiger partial charge on any atom is -0.299 e. The molecule has 0 spiro atoms. The molecule has 0 aromatic carbocycles. The Balaban J connectivity index is 2.47. The van der Waals surface area contributed by atoms with E-state index in [-0.39, 0.29) is 5.41 Å². The molecule has 0 fully saturated rings. The van der Waals surface area contributed by atoms with Gasteiger partial charge >= 0.3 is 0 Å². The Labute approximate surface area is 93.9 Å². The molecule has 0 saturated heterocycles. The first-order valence-corrected chi connectivity index (χ1v) is 6.17. The second-order valence-corrected chi connectivity index (χ2v) is 5.88. The zero-order valence-corrected chi connectivity index (χ0v) is 10.4. The molecule has 0 amide bonds. The molecule has 86 valence electrons. The van der Waals surface area contributed by atoms with Gasteiger partial charge in [-0.3, -0.25) is 4.79 Å². The maximum Gasteiger partial charge on any atom is 0.136 e. The average molecular weight is 208 g/mol. The lowest BCUT2D eigenvalue weighted by Crippen LogP contribution is -2.21. The van der Waals surface area contributed by atoms with Crippen molar-refractivity contribution in [2.24, 2.45) is 11.3 Å². The molecule has 1 heteroatoms. The number of allylic oxidation sites excluding steroid dienone is 2. The van der Waals surface area contributed by atoms with Gasteiger partial charge in [0.2, 0.25) is 0 Å². The molecule has 15 heavy (non-hydrogen) atoms. The Bertz CT molecular complexity index is 232. The summed E-state index contributed by atoms with van der Waals surface area (Å²) in [5.74, 6) is 0.812. The first kappa shape index (κ1) is 12.5. The van der Waals surface area contributed by atoms with Crippen molar-refractivity contribution >= 4 is 5.78 Å². The van der Waals surface area contributed by atoms with Crippen molar-refractivity contribution in [3.63, 3.8) is 0 Å². The van der Waals surface area contributed by atoms with Crippen molar-refractivity contribution in [3.8, 4) is 0 Å². The molecule has 0 radical (unpaired) electrons. The highest BCUT2D eigenvalue weighted by molar-refractivity contribution is 5.81. The van der Waals surface area contributed by atoms with E-state index in [0.29, 0.717) is 11.7 Å². The Kier molecular flexibility index (Phi) is 4.56. The van der Waals surface area contributed by atoms with Crippen LogP contribution in [0.1, 0.15) is 59.3 Å². The van der Waals surface area contributed by atoms with Gasteiger partial charge in [0.1, 0.15) is 5.78 Å². The fourth-order valence-electron chi connectivity index (χ4n) is 2.15. The fraction of sp³-hybridized carbons (Fsp3) is 0.786. The first-order chi connectivity index (χ1) is 6.99. The third-order valence-electron chi connectivity index (χ3n) is 2.93. The van der Waals surface area contributed by atoms with Crippen LogP contribution in [0, 0.1) is 11.3 Å². The monoisotopic (exact) mass is 208 g/mol. The molecule has 0 aromatic heterocycles. The lowest BCUT2D eigenvalue weighted by atomic mass is 9.82. The van der Waals surface area contributed by atoms with Gasteiger partial charge in [-0.05, 0) is 37.5 Å². The topological polar surface area (TPSA) is 17.1 Å². The van der Waals surface area contributed by atoms with E-state index >= 15 is 0 Å². The minimum atomic E-state index is 0.148. The van der Waals surface area contributed by atoms with Gasteiger partial charge in [0.15, 0.2) is 0 Å². The van der Waals surface area contributed by atoms with E-state index in [0.717, 1.165) is 32.1 Å². The number of Topliss-reactive ketones (excluding diaryl/α,β-unsaturated/α-hetero) is 1. The van der Waals surface area contributed by atoms with Crippen LogP contribution in [0.25, 0.3) is 0 Å². The van der Waals surface area contributed by atoms with Crippen molar-refractivity contribution in [1.29, 1.82) is 0 Å². The van der Waals surface area contributed by atoms with Crippen LogP contribution >= 0.6 is 0 Å². The van der Waals surface area contributed by atoms with E-state index in [1.807, 2.05) is 0 Å². The molecular weight excluding hydrogens is 184 g/mol. The Morgan fingerprint density at radius 3 is 2.53 bits per heavy atom. The highest BCUT2D eigenvalue weighted by Crippen LogP contribution is 2.26. The predicted octanol–water partition coefficient (Wildman–Crippen LogP) is 4.13. The smallest absolute Gasteiger partial charge is 0.136 e. The third kappa shape index (κ3) is 5.15. The summed E-state index contributed by atoms with van der Waals surface area (Å²) in [5, 5.41) is 0. The normalized spacial score (nSPS) is 25.4. The van der Waals surface area contributed by atoms with Crippen LogP contribution in [0.3, 0.4) is 0 Å². The number of carbonyl (C=O) groups excluding carboxylic acids is 1. The summed E-state index contributed by atoms with van der Waals surface area (Å²) in [6.45, 7) is 6.44. The second-order valence-electron chi connectivity index (χ2n) is 5.88. The summed E-state index contributed by atoms with van der Waals surface area (Å²) in [6, 6.07) is 0. The molecule has 1 nitrogen and oxygen atoms in total. The molecule has 0 aliphatic heterocycles. The van der Waals surface area contributed by atoms with Crippen molar-refractivity contribution < 1.29 is 4.79 Å². The van der Waals surface area contributed by atoms with Crippen molar-refractivity contribution in [3.05, 3.63) is 12.2 Å². The van der Waals surface area contributed by atoms with E-state index in [9.17, 15) is 4.79 Å². The summed E-state index contributed by atoms with van der Waals surface area (Å²) >= 11 is 0. The highest BCUT2D eigenvalue weighted by atomic mass is 16.1. The SMILES string of the molecule is CC(C)(C)CC(=O)C1CC/C=C\CCC1. The summed E-state index contributed by atoms with van der Waals surface area (Å²) in [5.41, 5.74) is 0.148. The zero-order chi connectivity index (χ0) is 11.3. The van der Waals surface area contributed by atoms with Crippen LogP contribution in [0.4, 0.5) is 0 Å². The van der Waals surface area contributed by atoms with E-state index in [1.165, 1.54) is 6.42 Å². The molecular formula is C14H24O. The van der Waals surface area contributed by atoms with Crippen LogP contribution in [0.5, 0.6) is 0 Å². The van der Waals surface area contributed by atoms with Crippen LogP contribution in [0.2, 0.25) is 0 Å². The number of ketones is 1. The largest absolute Gasteiger partial charge is 0.299 e. The number of hydrogen-bond acceptors (Lipinski definition) is 1. The molecule has 0 N–H and O–H groups in total. The van der Waals surface area contributed by atoms with Gasteiger partial charge in [-0.15, -0.1) is 0 Å². The lowest BCUT2D eigenvalue weighted by molar-refractivity contribution is -0.125. The van der Waals surface area contributed by atoms with Gasteiger partial charge in [-0.2, -0.15) is 0 Å². The summed E-state index contributed by atoms with van der Waals surface area (Å²) in [4.78, 5) is 12.1. The van der Waals surface area contributed by atoms with E-state index < -0.39 is 0 Å². The fourth-order valence-corrected chi connectivity index (χ4v) is 2.15. The molecule has 0 bridgehead atoms. The zero-order valence-electron chi connectivity index (χ0n) is 10.4.